The Labute approximate surface area is 130 Å². The molecule has 0 spiro atoms. The van der Waals surface area contributed by atoms with Gasteiger partial charge in [-0.05, 0) is 38.8 Å². The molecular formula is C20H20O2. The van der Waals surface area contributed by atoms with Crippen molar-refractivity contribution in [1.82, 2.24) is 0 Å². The molecule has 112 valence electrons. The van der Waals surface area contributed by atoms with Gasteiger partial charge >= 0.3 is 0 Å². The van der Waals surface area contributed by atoms with Gasteiger partial charge in [0.05, 0.1) is 10.8 Å². The predicted molar refractivity (Wildman–Crippen MR) is 91.1 cm³/mol. The molecule has 1 aromatic heterocycles. The first-order valence-electron chi connectivity index (χ1n) is 7.62. The summed E-state index contributed by atoms with van der Waals surface area (Å²) in [5, 5.41) is 0.638. The molecule has 1 unspecified atom stereocenters. The summed E-state index contributed by atoms with van der Waals surface area (Å²) in [6.45, 7) is 4.18. The van der Waals surface area contributed by atoms with Crippen LogP contribution >= 0.6 is 0 Å². The van der Waals surface area contributed by atoms with E-state index in [2.05, 4.69) is 32.1 Å². The molecule has 1 aliphatic rings. The van der Waals surface area contributed by atoms with Crippen molar-refractivity contribution >= 4 is 11.0 Å². The molecule has 1 atom stereocenters. The van der Waals surface area contributed by atoms with Gasteiger partial charge in [0, 0.05) is 6.07 Å². The topological polar surface area (TPSA) is 30.2 Å². The molecule has 0 saturated heterocycles. The van der Waals surface area contributed by atoms with Crippen LogP contribution in [-0.2, 0) is 5.41 Å². The lowest BCUT2D eigenvalue weighted by atomic mass is 9.76. The Morgan fingerprint density at radius 1 is 1.27 bits per heavy atom. The summed E-state index contributed by atoms with van der Waals surface area (Å²) in [5.41, 5.74) is 1.68. The maximum Gasteiger partial charge on any atom is 0.192 e. The summed E-state index contributed by atoms with van der Waals surface area (Å²) >= 11 is 0. The fraction of sp³-hybridized carbons (Fsp3) is 0.250. The van der Waals surface area contributed by atoms with Crippen molar-refractivity contribution < 1.29 is 4.42 Å². The highest BCUT2D eigenvalue weighted by Crippen LogP contribution is 2.37. The molecule has 0 N–H and O–H groups in total. The van der Waals surface area contributed by atoms with Gasteiger partial charge in [0.15, 0.2) is 5.43 Å². The third kappa shape index (κ3) is 2.69. The van der Waals surface area contributed by atoms with E-state index < -0.39 is 0 Å². The Morgan fingerprint density at radius 3 is 2.82 bits per heavy atom. The molecule has 2 aromatic rings. The van der Waals surface area contributed by atoms with Crippen LogP contribution in [0.4, 0.5) is 0 Å². The Morgan fingerprint density at radius 2 is 2.09 bits per heavy atom. The Bertz CT molecular complexity index is 832. The SMILES string of the molecule is CC(C)=CCC1(c2cc(=O)c3ccccc3o2)C=CC=CC1. The number of hydrogen-bond donors (Lipinski definition) is 0. The molecule has 2 heteroatoms. The zero-order chi connectivity index (χ0) is 15.6. The molecule has 0 fully saturated rings. The monoisotopic (exact) mass is 292 g/mol. The third-order valence-electron chi connectivity index (χ3n) is 4.14. The summed E-state index contributed by atoms with van der Waals surface area (Å²) in [6, 6.07) is 9.09. The maximum absolute atomic E-state index is 12.4. The zero-order valence-corrected chi connectivity index (χ0v) is 13.0. The van der Waals surface area contributed by atoms with Crippen molar-refractivity contribution in [3.05, 3.63) is 82.3 Å². The minimum Gasteiger partial charge on any atom is -0.460 e. The number of allylic oxidation sites excluding steroid dienone is 6. The van der Waals surface area contributed by atoms with E-state index in [1.165, 1.54) is 5.57 Å². The van der Waals surface area contributed by atoms with E-state index in [4.69, 9.17) is 4.42 Å². The second-order valence-electron chi connectivity index (χ2n) is 6.10. The van der Waals surface area contributed by atoms with Gasteiger partial charge in [0.2, 0.25) is 0 Å². The van der Waals surface area contributed by atoms with Crippen molar-refractivity contribution in [2.75, 3.05) is 0 Å². The van der Waals surface area contributed by atoms with Crippen LogP contribution in [0.15, 0.2) is 75.5 Å². The van der Waals surface area contributed by atoms with E-state index in [1.54, 1.807) is 6.07 Å². The fourth-order valence-corrected chi connectivity index (χ4v) is 2.83. The van der Waals surface area contributed by atoms with Crippen LogP contribution in [0.3, 0.4) is 0 Å². The van der Waals surface area contributed by atoms with Crippen LogP contribution in [0.2, 0.25) is 0 Å². The first kappa shape index (κ1) is 14.6. The van der Waals surface area contributed by atoms with Gasteiger partial charge in [-0.25, -0.2) is 0 Å². The van der Waals surface area contributed by atoms with Crippen LogP contribution in [-0.4, -0.2) is 0 Å². The average molecular weight is 292 g/mol. The van der Waals surface area contributed by atoms with Crippen LogP contribution in [0, 0.1) is 0 Å². The molecule has 0 aliphatic heterocycles. The molecule has 1 heterocycles. The van der Waals surface area contributed by atoms with Crippen molar-refractivity contribution in [2.45, 2.75) is 32.1 Å². The lowest BCUT2D eigenvalue weighted by Gasteiger charge is -2.29. The Kier molecular flexibility index (Phi) is 3.84. The van der Waals surface area contributed by atoms with Gasteiger partial charge in [0.25, 0.3) is 0 Å². The van der Waals surface area contributed by atoms with E-state index in [1.807, 2.05) is 36.4 Å². The van der Waals surface area contributed by atoms with Crippen LogP contribution < -0.4 is 5.43 Å². The van der Waals surface area contributed by atoms with E-state index in [-0.39, 0.29) is 10.8 Å². The molecule has 3 rings (SSSR count). The minimum atomic E-state index is -0.269. The van der Waals surface area contributed by atoms with E-state index in [0.29, 0.717) is 11.0 Å². The van der Waals surface area contributed by atoms with Crippen LogP contribution in [0.5, 0.6) is 0 Å². The van der Waals surface area contributed by atoms with Crippen LogP contribution in [0.25, 0.3) is 11.0 Å². The smallest absolute Gasteiger partial charge is 0.192 e. The van der Waals surface area contributed by atoms with Crippen LogP contribution in [0.1, 0.15) is 32.4 Å². The van der Waals surface area contributed by atoms with Crippen molar-refractivity contribution in [3.8, 4) is 0 Å². The second-order valence-corrected chi connectivity index (χ2v) is 6.10. The molecule has 0 saturated carbocycles. The quantitative estimate of drug-likeness (QED) is 0.753. The number of benzene rings is 1. The molecule has 1 aromatic carbocycles. The molecular weight excluding hydrogens is 272 g/mol. The standard InChI is InChI=1S/C20H20O2/c1-15(2)10-13-20(11-6-3-7-12-20)19-14-17(21)16-8-4-5-9-18(16)22-19/h3-11,14H,12-13H2,1-2H3. The molecule has 0 bridgehead atoms. The van der Waals surface area contributed by atoms with Gasteiger partial charge in [-0.2, -0.15) is 0 Å². The molecule has 2 nitrogen and oxygen atoms in total. The number of fused-ring (bicyclic) bond motifs is 1. The fourth-order valence-electron chi connectivity index (χ4n) is 2.83. The van der Waals surface area contributed by atoms with Crippen molar-refractivity contribution in [1.29, 1.82) is 0 Å². The summed E-state index contributed by atoms with van der Waals surface area (Å²) in [4.78, 5) is 12.4. The predicted octanol–water partition coefficient (Wildman–Crippen LogP) is 4.90. The summed E-state index contributed by atoms with van der Waals surface area (Å²) < 4.78 is 6.10. The molecule has 1 aliphatic carbocycles. The minimum absolute atomic E-state index is 0.0244. The third-order valence-corrected chi connectivity index (χ3v) is 4.14. The summed E-state index contributed by atoms with van der Waals surface area (Å²) in [6.07, 6.45) is 12.2. The zero-order valence-electron chi connectivity index (χ0n) is 13.0. The number of rotatable bonds is 3. The van der Waals surface area contributed by atoms with Crippen molar-refractivity contribution in [3.63, 3.8) is 0 Å². The maximum atomic E-state index is 12.4. The van der Waals surface area contributed by atoms with E-state index in [0.717, 1.165) is 18.6 Å². The summed E-state index contributed by atoms with van der Waals surface area (Å²) in [5.74, 6) is 0.745. The normalized spacial score (nSPS) is 20.3. The summed E-state index contributed by atoms with van der Waals surface area (Å²) in [7, 11) is 0. The highest BCUT2D eigenvalue weighted by atomic mass is 16.3. The largest absolute Gasteiger partial charge is 0.460 e. The Hall–Kier alpha value is -2.35. The highest BCUT2D eigenvalue weighted by Gasteiger charge is 2.31. The first-order valence-corrected chi connectivity index (χ1v) is 7.62. The van der Waals surface area contributed by atoms with Gasteiger partial charge < -0.3 is 4.42 Å². The molecule has 22 heavy (non-hydrogen) atoms. The van der Waals surface area contributed by atoms with Gasteiger partial charge in [0.1, 0.15) is 11.3 Å². The van der Waals surface area contributed by atoms with E-state index >= 15 is 0 Å². The second kappa shape index (κ2) is 5.80. The lowest BCUT2D eigenvalue weighted by molar-refractivity contribution is 0.405. The average Bonchev–Trinajstić information content (AvgIpc) is 2.54. The van der Waals surface area contributed by atoms with E-state index in [9.17, 15) is 4.79 Å². The first-order chi connectivity index (χ1) is 10.6. The lowest BCUT2D eigenvalue weighted by Crippen LogP contribution is -2.25. The van der Waals surface area contributed by atoms with Crippen molar-refractivity contribution in [2.24, 2.45) is 0 Å². The molecule has 0 radical (unpaired) electrons. The number of para-hydroxylation sites is 1. The van der Waals surface area contributed by atoms with Gasteiger partial charge in [-0.1, -0.05) is 48.1 Å². The molecule has 0 amide bonds. The van der Waals surface area contributed by atoms with Gasteiger partial charge in [-0.3, -0.25) is 4.79 Å². The Balaban J connectivity index is 2.16. The van der Waals surface area contributed by atoms with Gasteiger partial charge in [-0.15, -0.1) is 0 Å². The highest BCUT2D eigenvalue weighted by molar-refractivity contribution is 5.76. The number of hydrogen-bond acceptors (Lipinski definition) is 2.